The Kier molecular flexibility index (Phi) is 6.82. The number of carbonyl (C=O) groups excluding carboxylic acids is 2. The second kappa shape index (κ2) is 10.1. The van der Waals surface area contributed by atoms with Gasteiger partial charge in [-0.3, -0.25) is 28.1 Å². The van der Waals surface area contributed by atoms with Gasteiger partial charge in [-0.2, -0.15) is 10.6 Å². The minimum Gasteiger partial charge on any atom is -0.360 e. The van der Waals surface area contributed by atoms with Crippen molar-refractivity contribution in [2.75, 3.05) is 11.5 Å². The van der Waals surface area contributed by atoms with Crippen molar-refractivity contribution in [1.29, 1.82) is 0 Å². The highest BCUT2D eigenvalue weighted by Gasteiger charge is 2.35. The number of benzene rings is 2. The van der Waals surface area contributed by atoms with Crippen LogP contribution >= 0.6 is 22.2 Å². The summed E-state index contributed by atoms with van der Waals surface area (Å²) in [7, 11) is -2.89. The van der Waals surface area contributed by atoms with Gasteiger partial charge in [-0.05, 0) is 48.9 Å². The lowest BCUT2D eigenvalue weighted by Crippen LogP contribution is -2.57. The van der Waals surface area contributed by atoms with Gasteiger partial charge in [-0.15, -0.1) is 0 Å². The molecule has 1 aliphatic rings. The number of H-pyrrole nitrogens is 1. The first-order chi connectivity index (χ1) is 17.7. The zero-order valence-electron chi connectivity index (χ0n) is 19.6. The van der Waals surface area contributed by atoms with E-state index in [0.29, 0.717) is 28.3 Å². The number of amides is 2. The molecule has 0 bridgehead atoms. The van der Waals surface area contributed by atoms with Crippen molar-refractivity contribution < 1.29 is 18.7 Å². The third-order valence-electron chi connectivity index (χ3n) is 6.44. The fourth-order valence-electron chi connectivity index (χ4n) is 4.47. The Hall–Kier alpha value is -3.57. The van der Waals surface area contributed by atoms with Crippen molar-refractivity contribution in [3.8, 4) is 5.69 Å². The SMILES string of the molecule is O=C(NC1CCS(O)(O)CC1NC(=O)c1ccc(-n2ccccc2=O)cc1)c1ccc2c(Cl)c[nH]c2c1. The Morgan fingerprint density at radius 2 is 1.68 bits per heavy atom. The average molecular weight is 541 g/mol. The molecule has 37 heavy (non-hydrogen) atoms. The highest BCUT2D eigenvalue weighted by atomic mass is 35.5. The molecule has 2 aromatic carbocycles. The molecule has 3 heterocycles. The van der Waals surface area contributed by atoms with Gasteiger partial charge in [-0.1, -0.05) is 23.7 Å². The zero-order valence-corrected chi connectivity index (χ0v) is 21.1. The molecule has 192 valence electrons. The number of nitrogens with one attached hydrogen (secondary N) is 3. The number of carbonyl (C=O) groups is 2. The van der Waals surface area contributed by atoms with Crippen LogP contribution in [0.5, 0.6) is 0 Å². The Bertz CT molecular complexity index is 1530. The highest BCUT2D eigenvalue weighted by Crippen LogP contribution is 2.44. The first-order valence-corrected chi connectivity index (χ1v) is 13.9. The molecular weight excluding hydrogens is 516 g/mol. The van der Waals surface area contributed by atoms with E-state index in [-0.39, 0.29) is 23.0 Å². The van der Waals surface area contributed by atoms with E-state index in [9.17, 15) is 23.5 Å². The molecule has 2 amide bonds. The van der Waals surface area contributed by atoms with Crippen LogP contribution in [-0.2, 0) is 0 Å². The molecule has 5 rings (SSSR count). The van der Waals surface area contributed by atoms with Gasteiger partial charge in [0.25, 0.3) is 17.4 Å². The van der Waals surface area contributed by atoms with Crippen LogP contribution in [0.2, 0.25) is 5.02 Å². The molecule has 2 aromatic heterocycles. The summed E-state index contributed by atoms with van der Waals surface area (Å²) in [4.78, 5) is 41.1. The molecule has 0 radical (unpaired) electrons. The minimum atomic E-state index is -2.89. The van der Waals surface area contributed by atoms with Crippen molar-refractivity contribution in [2.24, 2.45) is 0 Å². The first kappa shape index (κ1) is 25.1. The number of fused-ring (bicyclic) bond motifs is 1. The second-order valence-electron chi connectivity index (χ2n) is 8.97. The van der Waals surface area contributed by atoms with Gasteiger partial charge >= 0.3 is 0 Å². The molecule has 4 aromatic rings. The Labute approximate surface area is 218 Å². The van der Waals surface area contributed by atoms with Gasteiger partial charge < -0.3 is 15.6 Å². The van der Waals surface area contributed by atoms with E-state index in [2.05, 4.69) is 15.6 Å². The fraction of sp³-hybridized carbons (Fsp3) is 0.192. The standard InChI is InChI=1S/C26H25ClN4O5S/c27-20-14-28-22-13-17(6-9-19(20)22)26(34)29-21-10-12-37(35,36)15-23(21)30-25(33)16-4-7-18(8-5-16)31-11-2-1-3-24(31)32/h1-9,11,13-14,21,23,28,35-36H,10,12,15H2,(H,29,34)(H,30,33). The summed E-state index contributed by atoms with van der Waals surface area (Å²) in [6, 6.07) is 15.3. The zero-order chi connectivity index (χ0) is 26.2. The monoisotopic (exact) mass is 540 g/mol. The number of aromatic amines is 1. The van der Waals surface area contributed by atoms with E-state index in [1.54, 1.807) is 67.0 Å². The molecule has 1 saturated heterocycles. The second-order valence-corrected chi connectivity index (χ2v) is 11.7. The van der Waals surface area contributed by atoms with E-state index in [1.807, 2.05) is 0 Å². The van der Waals surface area contributed by atoms with Crippen LogP contribution in [0.3, 0.4) is 0 Å². The van der Waals surface area contributed by atoms with E-state index >= 15 is 0 Å². The number of aromatic nitrogens is 2. The van der Waals surface area contributed by atoms with Gasteiger partial charge in [0.05, 0.1) is 22.9 Å². The number of hydrogen-bond donors (Lipinski definition) is 5. The number of hydrogen-bond acceptors (Lipinski definition) is 5. The normalized spacial score (nSPS) is 19.8. The maximum atomic E-state index is 13.0. The Morgan fingerprint density at radius 3 is 2.43 bits per heavy atom. The lowest BCUT2D eigenvalue weighted by Gasteiger charge is -2.44. The minimum absolute atomic E-state index is 0.0630. The van der Waals surface area contributed by atoms with Crippen molar-refractivity contribution in [3.63, 3.8) is 0 Å². The Balaban J connectivity index is 1.31. The van der Waals surface area contributed by atoms with Crippen LogP contribution in [0.25, 0.3) is 16.6 Å². The average Bonchev–Trinajstić information content (AvgIpc) is 3.25. The van der Waals surface area contributed by atoms with Crippen LogP contribution in [0.4, 0.5) is 0 Å². The van der Waals surface area contributed by atoms with E-state index in [1.165, 1.54) is 10.6 Å². The van der Waals surface area contributed by atoms with Gasteiger partial charge in [0.1, 0.15) is 0 Å². The number of nitrogens with zero attached hydrogens (tertiary/aromatic N) is 1. The van der Waals surface area contributed by atoms with Crippen molar-refractivity contribution >= 4 is 44.9 Å². The molecule has 2 unspecified atom stereocenters. The molecule has 1 aliphatic heterocycles. The fourth-order valence-corrected chi connectivity index (χ4v) is 6.38. The third kappa shape index (κ3) is 5.42. The summed E-state index contributed by atoms with van der Waals surface area (Å²) in [5.41, 5.74) is 1.90. The molecule has 0 spiro atoms. The van der Waals surface area contributed by atoms with Gasteiger partial charge in [0, 0.05) is 51.9 Å². The lowest BCUT2D eigenvalue weighted by atomic mass is 10.0. The van der Waals surface area contributed by atoms with E-state index in [0.717, 1.165) is 10.9 Å². The number of pyridine rings is 1. The molecule has 11 heteroatoms. The maximum Gasteiger partial charge on any atom is 0.255 e. The summed E-state index contributed by atoms with van der Waals surface area (Å²) in [6.07, 6.45) is 3.58. The number of rotatable bonds is 5. The number of halogens is 1. The van der Waals surface area contributed by atoms with Crippen molar-refractivity contribution in [2.45, 2.75) is 18.5 Å². The first-order valence-electron chi connectivity index (χ1n) is 11.6. The van der Waals surface area contributed by atoms with Crippen LogP contribution in [0.15, 0.2) is 77.9 Å². The molecule has 0 saturated carbocycles. The molecule has 9 nitrogen and oxygen atoms in total. The lowest BCUT2D eigenvalue weighted by molar-refractivity contribution is 0.0883. The van der Waals surface area contributed by atoms with Crippen LogP contribution in [0, 0.1) is 0 Å². The predicted molar refractivity (Wildman–Crippen MR) is 145 cm³/mol. The van der Waals surface area contributed by atoms with Crippen LogP contribution < -0.4 is 16.2 Å². The summed E-state index contributed by atoms with van der Waals surface area (Å²) < 4.78 is 22.1. The molecule has 0 aliphatic carbocycles. The van der Waals surface area contributed by atoms with Gasteiger partial charge in [0.2, 0.25) is 0 Å². The smallest absolute Gasteiger partial charge is 0.255 e. The summed E-state index contributed by atoms with van der Waals surface area (Å²) in [5, 5.41) is 7.16. The molecule has 1 fully saturated rings. The van der Waals surface area contributed by atoms with Crippen LogP contribution in [-0.4, -0.2) is 54.1 Å². The summed E-state index contributed by atoms with van der Waals surface area (Å²) in [6.45, 7) is 0. The third-order valence-corrected chi connectivity index (χ3v) is 8.54. The van der Waals surface area contributed by atoms with E-state index < -0.39 is 28.6 Å². The topological polar surface area (TPSA) is 136 Å². The van der Waals surface area contributed by atoms with E-state index in [4.69, 9.17) is 11.6 Å². The van der Waals surface area contributed by atoms with Crippen molar-refractivity contribution in [3.05, 3.63) is 99.6 Å². The molecule has 2 atom stereocenters. The molecular formula is C26H25ClN4O5S. The summed E-state index contributed by atoms with van der Waals surface area (Å²) >= 11 is 6.12. The summed E-state index contributed by atoms with van der Waals surface area (Å²) in [5.74, 6) is -0.689. The predicted octanol–water partition coefficient (Wildman–Crippen LogP) is 4.02. The maximum absolute atomic E-state index is 13.0. The Morgan fingerprint density at radius 1 is 0.973 bits per heavy atom. The van der Waals surface area contributed by atoms with Gasteiger partial charge in [-0.25, -0.2) is 0 Å². The van der Waals surface area contributed by atoms with Crippen LogP contribution in [0.1, 0.15) is 27.1 Å². The highest BCUT2D eigenvalue weighted by molar-refractivity contribution is 8.24. The van der Waals surface area contributed by atoms with Crippen molar-refractivity contribution in [1.82, 2.24) is 20.2 Å². The molecule has 5 N–H and O–H groups in total. The largest absolute Gasteiger partial charge is 0.360 e. The van der Waals surface area contributed by atoms with Gasteiger partial charge in [0.15, 0.2) is 0 Å². The quantitative estimate of drug-likeness (QED) is 0.260.